The lowest BCUT2D eigenvalue weighted by Crippen LogP contribution is -2.35. The van der Waals surface area contributed by atoms with Crippen molar-refractivity contribution in [2.24, 2.45) is 0 Å². The summed E-state index contributed by atoms with van der Waals surface area (Å²) in [5.41, 5.74) is 3.01. The van der Waals surface area contributed by atoms with Crippen LogP contribution in [0.25, 0.3) is 11.4 Å². The average Bonchev–Trinajstić information content (AvgIpc) is 2.75. The topological polar surface area (TPSA) is 106 Å². The Morgan fingerprint density at radius 1 is 1.14 bits per heavy atom. The molecule has 9 heteroatoms. The average molecular weight is 380 g/mol. The number of H-pyrrole nitrogens is 1. The number of rotatable bonds is 5. The molecule has 1 N–H and O–H groups in total. The van der Waals surface area contributed by atoms with Crippen LogP contribution in [0.3, 0.4) is 0 Å². The summed E-state index contributed by atoms with van der Waals surface area (Å²) in [6, 6.07) is 3.74. The molecule has 28 heavy (non-hydrogen) atoms. The minimum Gasteiger partial charge on any atom is -0.481 e. The molecule has 1 aliphatic rings. The van der Waals surface area contributed by atoms with Gasteiger partial charge < -0.3 is 14.5 Å². The van der Waals surface area contributed by atoms with Gasteiger partial charge in [0.1, 0.15) is 12.2 Å². The van der Waals surface area contributed by atoms with E-state index in [2.05, 4.69) is 29.8 Å². The lowest BCUT2D eigenvalue weighted by Gasteiger charge is -2.28. The molecule has 0 amide bonds. The fraction of sp³-hybridized carbons (Fsp3) is 0.316. The summed E-state index contributed by atoms with van der Waals surface area (Å²) in [6.07, 6.45) is 5.40. The Morgan fingerprint density at radius 3 is 2.71 bits per heavy atom. The highest BCUT2D eigenvalue weighted by atomic mass is 16.5. The van der Waals surface area contributed by atoms with Crippen LogP contribution in [0.15, 0.2) is 35.6 Å². The molecular weight excluding hydrogens is 360 g/mol. The summed E-state index contributed by atoms with van der Waals surface area (Å²) in [5, 5.41) is 0. The molecule has 0 aromatic carbocycles. The fourth-order valence-corrected chi connectivity index (χ4v) is 3.28. The Hall–Kier alpha value is -3.33. The van der Waals surface area contributed by atoms with Crippen molar-refractivity contribution in [1.82, 2.24) is 29.8 Å². The molecule has 1 aliphatic heterocycles. The molecule has 3 aromatic rings. The second-order valence-electron chi connectivity index (χ2n) is 6.45. The molecule has 0 spiro atoms. The lowest BCUT2D eigenvalue weighted by atomic mass is 10.1. The number of nitrogens with zero attached hydrogens (tertiary/aromatic N) is 5. The number of ether oxygens (including phenoxy) is 2. The summed E-state index contributed by atoms with van der Waals surface area (Å²) in [5.74, 6) is 1.53. The summed E-state index contributed by atoms with van der Waals surface area (Å²) < 4.78 is 10.5. The number of aromatic nitrogens is 5. The van der Waals surface area contributed by atoms with Crippen LogP contribution in [0.5, 0.6) is 11.8 Å². The maximum Gasteiger partial charge on any atom is 0.255 e. The second kappa shape index (κ2) is 7.73. The fourth-order valence-electron chi connectivity index (χ4n) is 3.28. The van der Waals surface area contributed by atoms with E-state index >= 15 is 0 Å². The van der Waals surface area contributed by atoms with Gasteiger partial charge in [0.05, 0.1) is 31.0 Å². The third-order valence-corrected chi connectivity index (χ3v) is 4.69. The van der Waals surface area contributed by atoms with Crippen LogP contribution in [0, 0.1) is 0 Å². The number of pyridine rings is 1. The van der Waals surface area contributed by atoms with Crippen LogP contribution in [0.4, 0.5) is 0 Å². The van der Waals surface area contributed by atoms with Crippen molar-refractivity contribution >= 4 is 0 Å². The van der Waals surface area contributed by atoms with E-state index in [1.165, 1.54) is 6.33 Å². The molecule has 4 rings (SSSR count). The van der Waals surface area contributed by atoms with E-state index in [4.69, 9.17) is 9.47 Å². The van der Waals surface area contributed by atoms with Gasteiger partial charge in [-0.1, -0.05) is 0 Å². The van der Waals surface area contributed by atoms with Gasteiger partial charge in [-0.3, -0.25) is 9.69 Å². The largest absolute Gasteiger partial charge is 0.481 e. The monoisotopic (exact) mass is 380 g/mol. The third-order valence-electron chi connectivity index (χ3n) is 4.69. The third kappa shape index (κ3) is 3.56. The van der Waals surface area contributed by atoms with Gasteiger partial charge in [-0.2, -0.15) is 4.98 Å². The van der Waals surface area contributed by atoms with Crippen LogP contribution in [-0.4, -0.2) is 50.6 Å². The summed E-state index contributed by atoms with van der Waals surface area (Å²) in [7, 11) is 3.15. The summed E-state index contributed by atoms with van der Waals surface area (Å²) >= 11 is 0. The molecule has 0 atom stereocenters. The Morgan fingerprint density at radius 2 is 1.96 bits per heavy atom. The van der Waals surface area contributed by atoms with Crippen molar-refractivity contribution in [2.75, 3.05) is 20.8 Å². The van der Waals surface area contributed by atoms with E-state index in [-0.39, 0.29) is 5.56 Å². The Balaban J connectivity index is 1.57. The first-order chi connectivity index (χ1) is 13.7. The number of methoxy groups -OCH3 is 2. The lowest BCUT2D eigenvalue weighted by molar-refractivity contribution is 0.236. The minimum absolute atomic E-state index is 0.131. The maximum atomic E-state index is 12.6. The maximum absolute atomic E-state index is 12.6. The van der Waals surface area contributed by atoms with Gasteiger partial charge in [-0.05, 0) is 6.07 Å². The summed E-state index contributed by atoms with van der Waals surface area (Å²) in [6.45, 7) is 1.91. The van der Waals surface area contributed by atoms with Crippen LogP contribution in [0.2, 0.25) is 0 Å². The molecule has 0 bridgehead atoms. The highest BCUT2D eigenvalue weighted by Crippen LogP contribution is 2.24. The van der Waals surface area contributed by atoms with E-state index < -0.39 is 0 Å². The standard InChI is InChI=1S/C19H20N6O3/c1-27-16-4-3-12(19(23-16)28-2)9-25-6-5-15-14(10-25)18(26)24-17(22-15)13-7-20-11-21-8-13/h3-4,7-8,11H,5-6,9-10H2,1-2H3,(H,22,24,26). The van der Waals surface area contributed by atoms with E-state index in [1.54, 1.807) is 32.7 Å². The zero-order valence-electron chi connectivity index (χ0n) is 15.7. The molecule has 0 unspecified atom stereocenters. The van der Waals surface area contributed by atoms with E-state index in [0.29, 0.717) is 48.2 Å². The number of hydrogen-bond acceptors (Lipinski definition) is 8. The highest BCUT2D eigenvalue weighted by molar-refractivity contribution is 5.52. The van der Waals surface area contributed by atoms with Crippen LogP contribution in [-0.2, 0) is 19.5 Å². The summed E-state index contributed by atoms with van der Waals surface area (Å²) in [4.78, 5) is 34.6. The van der Waals surface area contributed by atoms with Gasteiger partial charge in [0.25, 0.3) is 5.56 Å². The van der Waals surface area contributed by atoms with Crippen LogP contribution < -0.4 is 15.0 Å². The Kier molecular flexibility index (Phi) is 4.98. The van der Waals surface area contributed by atoms with Gasteiger partial charge >= 0.3 is 0 Å². The molecule has 0 radical (unpaired) electrons. The van der Waals surface area contributed by atoms with Crippen LogP contribution >= 0.6 is 0 Å². The molecule has 144 valence electrons. The van der Waals surface area contributed by atoms with E-state index in [0.717, 1.165) is 17.8 Å². The SMILES string of the molecule is COc1ccc(CN2CCc3nc(-c4cncnc4)[nH]c(=O)c3C2)c(OC)n1. The van der Waals surface area contributed by atoms with Crippen LogP contribution in [0.1, 0.15) is 16.8 Å². The second-order valence-corrected chi connectivity index (χ2v) is 6.45. The first-order valence-corrected chi connectivity index (χ1v) is 8.85. The predicted octanol–water partition coefficient (Wildman–Crippen LogP) is 1.20. The molecule has 9 nitrogen and oxygen atoms in total. The number of aromatic amines is 1. The molecule has 4 heterocycles. The first kappa shape index (κ1) is 18.1. The normalized spacial score (nSPS) is 13.8. The minimum atomic E-state index is -0.131. The van der Waals surface area contributed by atoms with E-state index in [9.17, 15) is 4.79 Å². The first-order valence-electron chi connectivity index (χ1n) is 8.85. The van der Waals surface area contributed by atoms with Crippen molar-refractivity contribution in [3.05, 3.63) is 58.0 Å². The predicted molar refractivity (Wildman–Crippen MR) is 101 cm³/mol. The van der Waals surface area contributed by atoms with Gasteiger partial charge in [0, 0.05) is 50.1 Å². The van der Waals surface area contributed by atoms with Crippen molar-refractivity contribution in [1.29, 1.82) is 0 Å². The Bertz CT molecular complexity index is 1040. The molecule has 0 saturated heterocycles. The molecule has 0 fully saturated rings. The van der Waals surface area contributed by atoms with Crippen molar-refractivity contribution in [3.63, 3.8) is 0 Å². The number of nitrogens with one attached hydrogen (secondary N) is 1. The smallest absolute Gasteiger partial charge is 0.255 e. The van der Waals surface area contributed by atoms with Gasteiger partial charge in [0.2, 0.25) is 11.8 Å². The van der Waals surface area contributed by atoms with Gasteiger partial charge in [-0.25, -0.2) is 15.0 Å². The molecular formula is C19H20N6O3. The Labute approximate surface area is 161 Å². The number of hydrogen-bond donors (Lipinski definition) is 1. The molecule has 0 aliphatic carbocycles. The quantitative estimate of drug-likeness (QED) is 0.704. The molecule has 0 saturated carbocycles. The van der Waals surface area contributed by atoms with Gasteiger partial charge in [-0.15, -0.1) is 0 Å². The van der Waals surface area contributed by atoms with Gasteiger partial charge in [0.15, 0.2) is 0 Å². The zero-order valence-corrected chi connectivity index (χ0v) is 15.7. The molecule has 3 aromatic heterocycles. The zero-order chi connectivity index (χ0) is 19.5. The number of fused-ring (bicyclic) bond motifs is 1. The van der Waals surface area contributed by atoms with Crippen molar-refractivity contribution < 1.29 is 9.47 Å². The van der Waals surface area contributed by atoms with Crippen molar-refractivity contribution in [3.8, 4) is 23.1 Å². The highest BCUT2D eigenvalue weighted by Gasteiger charge is 2.23. The van der Waals surface area contributed by atoms with E-state index in [1.807, 2.05) is 6.07 Å². The van der Waals surface area contributed by atoms with Crippen molar-refractivity contribution in [2.45, 2.75) is 19.5 Å².